The van der Waals surface area contributed by atoms with Gasteiger partial charge in [0.15, 0.2) is 5.88 Å². The van der Waals surface area contributed by atoms with Crippen LogP contribution in [0.5, 0.6) is 0 Å². The van der Waals surface area contributed by atoms with Crippen molar-refractivity contribution in [3.05, 3.63) is 39.7 Å². The van der Waals surface area contributed by atoms with Gasteiger partial charge in [-0.15, -0.1) is 0 Å². The zero-order valence-corrected chi connectivity index (χ0v) is 13.8. The standard InChI is InChI=1S/C15H10BrF6NO2/c16-8-4-6(3-7(5-8)14(17,18)19)10-11(24)12(15(20,21)22)25-13(10)23-9-1-2-9/h3-5,9,12,23H,1-2H2. The van der Waals surface area contributed by atoms with Gasteiger partial charge in [0.05, 0.1) is 11.1 Å². The smallest absolute Gasteiger partial charge is 0.433 e. The SMILES string of the molecule is O=C1C(c2cc(Br)cc(C(F)(F)F)c2)=C(NC2CC2)OC1C(F)(F)F. The number of ketones is 1. The van der Waals surface area contributed by atoms with E-state index in [0.29, 0.717) is 18.9 Å². The minimum atomic E-state index is -4.96. The average Bonchev–Trinajstić information content (AvgIpc) is 3.19. The maximum absolute atomic E-state index is 13.0. The Balaban J connectivity index is 2.07. The maximum atomic E-state index is 13.0. The second-order valence-corrected chi connectivity index (χ2v) is 6.67. The Bertz CT molecular complexity index is 751. The third-order valence-corrected chi connectivity index (χ3v) is 4.13. The molecule has 1 aliphatic carbocycles. The van der Waals surface area contributed by atoms with E-state index in [4.69, 9.17) is 4.74 Å². The van der Waals surface area contributed by atoms with Gasteiger partial charge in [0.25, 0.3) is 6.10 Å². The molecule has 1 aromatic carbocycles. The largest absolute Gasteiger partial charge is 0.457 e. The number of rotatable bonds is 3. The molecule has 136 valence electrons. The minimum Gasteiger partial charge on any atom is -0.457 e. The van der Waals surface area contributed by atoms with Crippen LogP contribution in [0.3, 0.4) is 0 Å². The van der Waals surface area contributed by atoms with E-state index in [1.165, 1.54) is 0 Å². The van der Waals surface area contributed by atoms with Gasteiger partial charge in [-0.3, -0.25) is 4.79 Å². The number of alkyl halides is 6. The molecular formula is C15H10BrF6NO2. The zero-order valence-electron chi connectivity index (χ0n) is 12.3. The number of benzene rings is 1. The molecule has 0 bridgehead atoms. The third-order valence-electron chi connectivity index (χ3n) is 3.67. The molecule has 0 amide bonds. The molecule has 10 heteroatoms. The lowest BCUT2D eigenvalue weighted by Gasteiger charge is -2.15. The number of Topliss-reactive ketones (excluding diaryl/α,β-unsaturated/α-hetero) is 1. The molecule has 0 aromatic heterocycles. The van der Waals surface area contributed by atoms with E-state index in [9.17, 15) is 31.1 Å². The number of carbonyl (C=O) groups excluding carboxylic acids is 1. The molecule has 1 heterocycles. The van der Waals surface area contributed by atoms with Crippen LogP contribution in [0.2, 0.25) is 0 Å². The van der Waals surface area contributed by atoms with Gasteiger partial charge < -0.3 is 10.1 Å². The van der Waals surface area contributed by atoms with Crippen molar-refractivity contribution in [3.63, 3.8) is 0 Å². The Morgan fingerprint density at radius 2 is 1.72 bits per heavy atom. The van der Waals surface area contributed by atoms with E-state index in [1.54, 1.807) is 0 Å². The summed E-state index contributed by atoms with van der Waals surface area (Å²) in [7, 11) is 0. The van der Waals surface area contributed by atoms with Crippen LogP contribution >= 0.6 is 15.9 Å². The Morgan fingerprint density at radius 3 is 2.24 bits per heavy atom. The molecule has 1 atom stereocenters. The summed E-state index contributed by atoms with van der Waals surface area (Å²) in [6, 6.07) is 2.41. The van der Waals surface area contributed by atoms with Gasteiger partial charge >= 0.3 is 12.4 Å². The summed E-state index contributed by atoms with van der Waals surface area (Å²) in [5, 5.41) is 2.65. The molecule has 0 radical (unpaired) electrons. The van der Waals surface area contributed by atoms with Crippen LogP contribution < -0.4 is 5.32 Å². The lowest BCUT2D eigenvalue weighted by molar-refractivity contribution is -0.202. The summed E-state index contributed by atoms with van der Waals surface area (Å²) in [5.41, 5.74) is -1.90. The summed E-state index contributed by atoms with van der Waals surface area (Å²) in [6.45, 7) is 0. The zero-order chi connectivity index (χ0) is 18.6. The quantitative estimate of drug-likeness (QED) is 0.722. The monoisotopic (exact) mass is 429 g/mol. The Labute approximate surface area is 146 Å². The minimum absolute atomic E-state index is 0.0149. The van der Waals surface area contributed by atoms with E-state index in [2.05, 4.69) is 21.2 Å². The van der Waals surface area contributed by atoms with Crippen molar-refractivity contribution < 1.29 is 35.9 Å². The van der Waals surface area contributed by atoms with Crippen molar-refractivity contribution in [2.45, 2.75) is 37.3 Å². The molecule has 2 aliphatic rings. The maximum Gasteiger partial charge on any atom is 0.433 e. The fourth-order valence-corrected chi connectivity index (χ4v) is 2.87. The summed E-state index contributed by atoms with van der Waals surface area (Å²) in [6.07, 6.45) is -11.0. The van der Waals surface area contributed by atoms with Crippen LogP contribution in [-0.4, -0.2) is 24.1 Å². The normalized spacial score (nSPS) is 21.6. The lowest BCUT2D eigenvalue weighted by atomic mass is 9.98. The van der Waals surface area contributed by atoms with Gasteiger partial charge in [0.1, 0.15) is 0 Å². The second kappa shape index (κ2) is 5.93. The van der Waals surface area contributed by atoms with Gasteiger partial charge in [-0.25, -0.2) is 0 Å². The van der Waals surface area contributed by atoms with Gasteiger partial charge in [0, 0.05) is 10.5 Å². The van der Waals surface area contributed by atoms with Crippen molar-refractivity contribution in [1.82, 2.24) is 5.32 Å². The molecule has 3 nitrogen and oxygen atoms in total. The van der Waals surface area contributed by atoms with Crippen LogP contribution in [0.15, 0.2) is 28.6 Å². The van der Waals surface area contributed by atoms with Crippen molar-refractivity contribution in [2.75, 3.05) is 0 Å². The molecule has 1 aromatic rings. The molecule has 1 unspecified atom stereocenters. The van der Waals surface area contributed by atoms with E-state index in [1.807, 2.05) is 0 Å². The first-order valence-electron chi connectivity index (χ1n) is 7.13. The van der Waals surface area contributed by atoms with Crippen LogP contribution in [0.1, 0.15) is 24.0 Å². The number of hydrogen-bond acceptors (Lipinski definition) is 3. The molecular weight excluding hydrogens is 420 g/mol. The first kappa shape index (κ1) is 18.1. The van der Waals surface area contributed by atoms with Crippen molar-refractivity contribution in [3.8, 4) is 0 Å². The fraction of sp³-hybridized carbons (Fsp3) is 0.400. The van der Waals surface area contributed by atoms with E-state index >= 15 is 0 Å². The fourth-order valence-electron chi connectivity index (χ4n) is 2.38. The van der Waals surface area contributed by atoms with Gasteiger partial charge in [-0.05, 0) is 36.6 Å². The van der Waals surface area contributed by atoms with Crippen LogP contribution in [-0.2, 0) is 15.7 Å². The summed E-state index contributed by atoms with van der Waals surface area (Å²) in [5.74, 6) is -1.84. The lowest BCUT2D eigenvalue weighted by Crippen LogP contribution is -2.35. The highest BCUT2D eigenvalue weighted by atomic mass is 79.9. The van der Waals surface area contributed by atoms with Gasteiger partial charge in [-0.1, -0.05) is 15.9 Å². The van der Waals surface area contributed by atoms with Crippen LogP contribution in [0, 0.1) is 0 Å². The first-order valence-corrected chi connectivity index (χ1v) is 7.92. The van der Waals surface area contributed by atoms with Crippen molar-refractivity contribution in [1.29, 1.82) is 0 Å². The predicted molar refractivity (Wildman–Crippen MR) is 78.2 cm³/mol. The topological polar surface area (TPSA) is 38.3 Å². The molecule has 25 heavy (non-hydrogen) atoms. The molecule has 1 N–H and O–H groups in total. The van der Waals surface area contributed by atoms with Crippen LogP contribution in [0.25, 0.3) is 5.57 Å². The highest BCUT2D eigenvalue weighted by molar-refractivity contribution is 9.10. The number of nitrogens with one attached hydrogen (secondary N) is 1. The van der Waals surface area contributed by atoms with Crippen LogP contribution in [0.4, 0.5) is 26.3 Å². The summed E-state index contributed by atoms with van der Waals surface area (Å²) in [4.78, 5) is 12.2. The van der Waals surface area contributed by atoms with Crippen molar-refractivity contribution >= 4 is 27.3 Å². The molecule has 1 aliphatic heterocycles. The van der Waals surface area contributed by atoms with Gasteiger partial charge in [-0.2, -0.15) is 26.3 Å². The average molecular weight is 430 g/mol. The van der Waals surface area contributed by atoms with Gasteiger partial charge in [0.2, 0.25) is 5.78 Å². The predicted octanol–water partition coefficient (Wildman–Crippen LogP) is 4.42. The first-order chi connectivity index (χ1) is 11.5. The number of halogens is 7. The summed E-state index contributed by atoms with van der Waals surface area (Å²) >= 11 is 2.89. The number of carbonyl (C=O) groups is 1. The summed E-state index contributed by atoms with van der Waals surface area (Å²) < 4.78 is 82.6. The third kappa shape index (κ3) is 3.78. The highest BCUT2D eigenvalue weighted by Gasteiger charge is 2.53. The molecule has 0 spiro atoms. The number of hydrogen-bond donors (Lipinski definition) is 1. The molecule has 0 saturated heterocycles. The van der Waals surface area contributed by atoms with Crippen molar-refractivity contribution in [2.24, 2.45) is 0 Å². The Hall–Kier alpha value is -1.71. The Kier molecular flexibility index (Phi) is 4.29. The molecule has 1 fully saturated rings. The highest BCUT2D eigenvalue weighted by Crippen LogP contribution is 2.40. The molecule has 3 rings (SSSR count). The second-order valence-electron chi connectivity index (χ2n) is 5.75. The molecule has 1 saturated carbocycles. The van der Waals surface area contributed by atoms with E-state index < -0.39 is 41.3 Å². The van der Waals surface area contributed by atoms with E-state index in [0.717, 1.165) is 12.1 Å². The number of ether oxygens (including phenoxy) is 1. The Morgan fingerprint density at radius 1 is 1.08 bits per heavy atom. The van der Waals surface area contributed by atoms with E-state index in [-0.39, 0.29) is 16.1 Å².